The third kappa shape index (κ3) is 5.44. The van der Waals surface area contributed by atoms with Crippen LogP contribution in [0.4, 0.5) is 0 Å². The molecule has 1 aliphatic heterocycles. The first kappa shape index (κ1) is 21.0. The van der Waals surface area contributed by atoms with Crippen LogP contribution in [0.2, 0.25) is 0 Å². The average Bonchev–Trinajstić information content (AvgIpc) is 2.73. The van der Waals surface area contributed by atoms with Gasteiger partial charge in [0.15, 0.2) is 0 Å². The maximum absolute atomic E-state index is 12.7. The lowest BCUT2D eigenvalue weighted by molar-refractivity contribution is -0.137. The number of aliphatic hydroxyl groups excluding tert-OH is 1. The Kier molecular flexibility index (Phi) is 7.66. The van der Waals surface area contributed by atoms with E-state index in [0.717, 1.165) is 24.9 Å². The lowest BCUT2D eigenvalue weighted by atomic mass is 9.78. The summed E-state index contributed by atoms with van der Waals surface area (Å²) in [6.45, 7) is 2.81. The summed E-state index contributed by atoms with van der Waals surface area (Å²) >= 11 is 0. The highest BCUT2D eigenvalue weighted by Gasteiger charge is 2.35. The van der Waals surface area contributed by atoms with Crippen molar-refractivity contribution in [3.8, 4) is 0 Å². The van der Waals surface area contributed by atoms with Crippen molar-refractivity contribution in [1.29, 1.82) is 0 Å². The molecule has 4 atom stereocenters. The molecule has 1 N–H and O–H groups in total. The van der Waals surface area contributed by atoms with E-state index < -0.39 is 6.10 Å². The third-order valence-corrected chi connectivity index (χ3v) is 6.64. The number of aliphatic hydroxyl groups is 1. The molecule has 2 fully saturated rings. The number of hydrogen-bond donors (Lipinski definition) is 1. The molecule has 1 aromatic rings. The molecule has 1 aromatic carbocycles. The molecule has 1 saturated carbocycles. The zero-order valence-corrected chi connectivity index (χ0v) is 17.2. The van der Waals surface area contributed by atoms with E-state index in [2.05, 4.69) is 4.90 Å². The Morgan fingerprint density at radius 3 is 2.57 bits per heavy atom. The molecule has 1 heterocycles. The fraction of sp³-hybridized carbons (Fsp3) is 0.667. The molecular weight excluding hydrogens is 350 g/mol. The van der Waals surface area contributed by atoms with Crippen molar-refractivity contribution in [2.45, 2.75) is 83.3 Å². The minimum atomic E-state index is -0.622. The highest BCUT2D eigenvalue weighted by molar-refractivity contribution is 5.80. The molecule has 4 unspecified atom stereocenters. The molecule has 2 aliphatic rings. The Hall–Kier alpha value is -1.68. The van der Waals surface area contributed by atoms with Crippen molar-refractivity contribution in [1.82, 2.24) is 4.90 Å². The van der Waals surface area contributed by atoms with Gasteiger partial charge in [-0.1, -0.05) is 50.1 Å². The molecular formula is C24H35NO3. The van der Waals surface area contributed by atoms with Crippen LogP contribution >= 0.6 is 0 Å². The molecule has 3 rings (SSSR count). The maximum atomic E-state index is 12.7. The summed E-state index contributed by atoms with van der Waals surface area (Å²) in [5.41, 5.74) is 0.852. The molecule has 0 spiro atoms. The van der Waals surface area contributed by atoms with Crippen molar-refractivity contribution in [3.63, 3.8) is 0 Å². The number of benzene rings is 1. The molecule has 4 nitrogen and oxygen atoms in total. The fourth-order valence-electron chi connectivity index (χ4n) is 5.07. The highest BCUT2D eigenvalue weighted by atomic mass is 16.3. The summed E-state index contributed by atoms with van der Waals surface area (Å²) < 4.78 is 0. The number of ketones is 1. The van der Waals surface area contributed by atoms with Gasteiger partial charge in [0, 0.05) is 31.8 Å². The molecule has 0 aromatic heterocycles. The molecule has 4 heteroatoms. The Labute approximate surface area is 169 Å². The number of nitrogens with zero attached hydrogens (tertiary/aromatic N) is 1. The van der Waals surface area contributed by atoms with Gasteiger partial charge in [0.05, 0.1) is 6.10 Å². The Morgan fingerprint density at radius 1 is 1.07 bits per heavy atom. The minimum Gasteiger partial charge on any atom is -0.388 e. The van der Waals surface area contributed by atoms with E-state index in [-0.39, 0.29) is 17.6 Å². The van der Waals surface area contributed by atoms with E-state index in [1.54, 1.807) is 0 Å². The second-order valence-corrected chi connectivity index (χ2v) is 8.77. The Balaban J connectivity index is 1.40. The molecule has 154 valence electrons. The largest absolute Gasteiger partial charge is 0.388 e. The van der Waals surface area contributed by atoms with Crippen LogP contribution in [-0.2, 0) is 9.59 Å². The summed E-state index contributed by atoms with van der Waals surface area (Å²) in [5.74, 6) is 0.968. The molecule has 1 saturated heterocycles. The van der Waals surface area contributed by atoms with Gasteiger partial charge in [0.25, 0.3) is 0 Å². The van der Waals surface area contributed by atoms with Gasteiger partial charge in [-0.05, 0) is 49.5 Å². The van der Waals surface area contributed by atoms with E-state index in [0.29, 0.717) is 37.6 Å². The Bertz CT molecular complexity index is 643. The van der Waals surface area contributed by atoms with Crippen LogP contribution in [0, 0.1) is 11.8 Å². The first-order valence-corrected chi connectivity index (χ1v) is 11.1. The summed E-state index contributed by atoms with van der Waals surface area (Å²) in [6, 6.07) is 9.95. The third-order valence-electron chi connectivity index (χ3n) is 6.64. The normalized spacial score (nSPS) is 24.3. The van der Waals surface area contributed by atoms with Crippen LogP contribution < -0.4 is 0 Å². The number of amides is 1. The predicted molar refractivity (Wildman–Crippen MR) is 111 cm³/mol. The quantitative estimate of drug-likeness (QED) is 0.708. The number of Topliss-reactive ketones (excluding diaryl/α,β-unsaturated/α-hetero) is 1. The molecule has 0 radical (unpaired) electrons. The number of rotatable bonds is 8. The molecule has 1 aliphatic carbocycles. The Morgan fingerprint density at radius 2 is 1.79 bits per heavy atom. The van der Waals surface area contributed by atoms with Crippen LogP contribution in [-0.4, -0.2) is 34.3 Å². The number of hydrogen-bond acceptors (Lipinski definition) is 3. The van der Waals surface area contributed by atoms with Crippen LogP contribution in [0.5, 0.6) is 0 Å². The first-order chi connectivity index (χ1) is 13.6. The number of likely N-dealkylation sites (tertiary alicyclic amines) is 1. The number of fused-ring (bicyclic) bond motifs is 1. The van der Waals surface area contributed by atoms with Gasteiger partial charge in [-0.2, -0.15) is 0 Å². The van der Waals surface area contributed by atoms with E-state index in [9.17, 15) is 14.7 Å². The lowest BCUT2D eigenvalue weighted by Gasteiger charge is -2.44. The summed E-state index contributed by atoms with van der Waals surface area (Å²) in [5, 5.41) is 10.4. The smallest absolute Gasteiger partial charge is 0.222 e. The number of carbonyl (C=O) groups excluding carboxylic acids is 2. The van der Waals surface area contributed by atoms with Gasteiger partial charge >= 0.3 is 0 Å². The molecule has 0 bridgehead atoms. The van der Waals surface area contributed by atoms with E-state index in [4.69, 9.17) is 0 Å². The standard InChI is InChI=1S/C24H35NO3/c1-18(24(28)20-10-3-2-4-11-20)17-21(26)13-7-15-23(27)25-16-8-12-19-9-5-6-14-22(19)25/h2-4,10-11,18-19,22,24,28H,5-9,12-17H2,1H3. The first-order valence-electron chi connectivity index (χ1n) is 11.1. The number of carbonyl (C=O) groups is 2. The van der Waals surface area contributed by atoms with Gasteiger partial charge in [-0.15, -0.1) is 0 Å². The second kappa shape index (κ2) is 10.2. The SMILES string of the molecule is CC(CC(=O)CCCC(=O)N1CCCC2CCCCC21)C(O)c1ccccc1. The monoisotopic (exact) mass is 385 g/mol. The van der Waals surface area contributed by atoms with Crippen LogP contribution in [0.25, 0.3) is 0 Å². The van der Waals surface area contributed by atoms with Crippen LogP contribution in [0.3, 0.4) is 0 Å². The zero-order chi connectivity index (χ0) is 19.9. The van der Waals surface area contributed by atoms with Gasteiger partial charge in [0.1, 0.15) is 5.78 Å². The van der Waals surface area contributed by atoms with E-state index >= 15 is 0 Å². The predicted octanol–water partition coefficient (Wildman–Crippen LogP) is 4.67. The van der Waals surface area contributed by atoms with Crippen molar-refractivity contribution in [2.75, 3.05) is 6.54 Å². The lowest BCUT2D eigenvalue weighted by Crippen LogP contribution is -2.49. The minimum absolute atomic E-state index is 0.115. The zero-order valence-electron chi connectivity index (χ0n) is 17.2. The highest BCUT2D eigenvalue weighted by Crippen LogP contribution is 2.35. The number of piperidine rings is 1. The van der Waals surface area contributed by atoms with Crippen molar-refractivity contribution in [2.24, 2.45) is 11.8 Å². The molecule has 28 heavy (non-hydrogen) atoms. The summed E-state index contributed by atoms with van der Waals surface area (Å²) in [7, 11) is 0. The van der Waals surface area contributed by atoms with Crippen molar-refractivity contribution in [3.05, 3.63) is 35.9 Å². The maximum Gasteiger partial charge on any atom is 0.222 e. The fourth-order valence-corrected chi connectivity index (χ4v) is 5.07. The van der Waals surface area contributed by atoms with Gasteiger partial charge in [-0.3, -0.25) is 9.59 Å². The van der Waals surface area contributed by atoms with E-state index in [1.807, 2.05) is 37.3 Å². The van der Waals surface area contributed by atoms with Crippen molar-refractivity contribution >= 4 is 11.7 Å². The van der Waals surface area contributed by atoms with Gasteiger partial charge in [0.2, 0.25) is 5.91 Å². The van der Waals surface area contributed by atoms with Gasteiger partial charge in [-0.25, -0.2) is 0 Å². The van der Waals surface area contributed by atoms with E-state index in [1.165, 1.54) is 25.7 Å². The van der Waals surface area contributed by atoms with Gasteiger partial charge < -0.3 is 10.0 Å². The average molecular weight is 386 g/mol. The summed E-state index contributed by atoms with van der Waals surface area (Å²) in [6.07, 6.45) is 8.65. The topological polar surface area (TPSA) is 57.6 Å². The van der Waals surface area contributed by atoms with Crippen molar-refractivity contribution < 1.29 is 14.7 Å². The molecule has 1 amide bonds. The second-order valence-electron chi connectivity index (χ2n) is 8.77. The van der Waals surface area contributed by atoms with Crippen LogP contribution in [0.15, 0.2) is 30.3 Å². The summed E-state index contributed by atoms with van der Waals surface area (Å²) in [4.78, 5) is 27.2. The van der Waals surface area contributed by atoms with Crippen LogP contribution in [0.1, 0.15) is 82.8 Å².